The number of halogens is 1. The molecule has 0 aliphatic rings. The molecule has 3 nitrogen and oxygen atoms in total. The van der Waals surface area contributed by atoms with E-state index in [4.69, 9.17) is 16.3 Å². The highest BCUT2D eigenvalue weighted by Gasteiger charge is 2.21. The first-order valence-electron chi connectivity index (χ1n) is 7.56. The van der Waals surface area contributed by atoms with Crippen molar-refractivity contribution in [3.05, 3.63) is 39.0 Å². The fourth-order valence-corrected chi connectivity index (χ4v) is 3.49. The number of hydrogen-bond donors (Lipinski definition) is 0. The molecule has 0 N–H and O–H groups in total. The number of hydrogen-bond acceptors (Lipinski definition) is 3. The van der Waals surface area contributed by atoms with Gasteiger partial charge in [-0.15, -0.1) is 0 Å². The van der Waals surface area contributed by atoms with Crippen molar-refractivity contribution >= 4 is 28.5 Å². The lowest BCUT2D eigenvalue weighted by Crippen LogP contribution is -2.08. The molecule has 0 fully saturated rings. The van der Waals surface area contributed by atoms with Crippen LogP contribution in [0.2, 0.25) is 5.02 Å². The second-order valence-corrected chi connectivity index (χ2v) is 6.25. The summed E-state index contributed by atoms with van der Waals surface area (Å²) in [6.07, 6.45) is 1.52. The Morgan fingerprint density at radius 3 is 2.41 bits per heavy atom. The SMILES string of the molecule is CCOC(=O)c1cnc2c(C)c(C(C)C)c(C)c(C)c2c1Cl. The van der Waals surface area contributed by atoms with Gasteiger partial charge in [0.2, 0.25) is 0 Å². The minimum Gasteiger partial charge on any atom is -0.462 e. The highest BCUT2D eigenvalue weighted by molar-refractivity contribution is 6.38. The molecule has 118 valence electrons. The van der Waals surface area contributed by atoms with E-state index in [0.717, 1.165) is 22.0 Å². The Hall–Kier alpha value is -1.61. The van der Waals surface area contributed by atoms with Crippen molar-refractivity contribution in [3.8, 4) is 0 Å². The lowest BCUT2D eigenvalue weighted by molar-refractivity contribution is 0.0526. The first kappa shape index (κ1) is 16.8. The molecule has 0 saturated heterocycles. The molecule has 0 amide bonds. The fourth-order valence-electron chi connectivity index (χ4n) is 3.13. The number of pyridine rings is 1. The van der Waals surface area contributed by atoms with Crippen molar-refractivity contribution in [3.63, 3.8) is 0 Å². The van der Waals surface area contributed by atoms with Crippen LogP contribution in [0.3, 0.4) is 0 Å². The highest BCUT2D eigenvalue weighted by Crippen LogP contribution is 2.37. The van der Waals surface area contributed by atoms with Crippen LogP contribution in [0.5, 0.6) is 0 Å². The van der Waals surface area contributed by atoms with Crippen molar-refractivity contribution in [1.82, 2.24) is 4.98 Å². The summed E-state index contributed by atoms with van der Waals surface area (Å²) in [5.41, 5.74) is 5.92. The third-order valence-electron chi connectivity index (χ3n) is 4.19. The summed E-state index contributed by atoms with van der Waals surface area (Å²) < 4.78 is 5.06. The Kier molecular flexibility index (Phi) is 4.76. The molecule has 0 aliphatic carbocycles. The molecular weight excluding hydrogens is 298 g/mol. The summed E-state index contributed by atoms with van der Waals surface area (Å²) in [6.45, 7) is 12.6. The maximum atomic E-state index is 12.0. The molecule has 22 heavy (non-hydrogen) atoms. The first-order chi connectivity index (χ1) is 10.3. The molecule has 1 aromatic heterocycles. The Bertz CT molecular complexity index is 751. The van der Waals surface area contributed by atoms with Crippen LogP contribution in [0.4, 0.5) is 0 Å². The van der Waals surface area contributed by atoms with Crippen molar-refractivity contribution in [1.29, 1.82) is 0 Å². The van der Waals surface area contributed by atoms with E-state index >= 15 is 0 Å². The molecule has 0 bridgehead atoms. The van der Waals surface area contributed by atoms with Crippen LogP contribution in [0.15, 0.2) is 6.20 Å². The number of nitrogens with zero attached hydrogens (tertiary/aromatic N) is 1. The third-order valence-corrected chi connectivity index (χ3v) is 4.58. The summed E-state index contributed by atoms with van der Waals surface area (Å²) in [6, 6.07) is 0. The number of ether oxygens (including phenoxy) is 1. The molecule has 0 unspecified atom stereocenters. The van der Waals surface area contributed by atoms with E-state index in [1.807, 2.05) is 6.92 Å². The van der Waals surface area contributed by atoms with E-state index in [1.54, 1.807) is 6.92 Å². The monoisotopic (exact) mass is 319 g/mol. The van der Waals surface area contributed by atoms with E-state index in [2.05, 4.69) is 32.7 Å². The van der Waals surface area contributed by atoms with Crippen LogP contribution in [0.1, 0.15) is 59.3 Å². The molecule has 2 aromatic rings. The van der Waals surface area contributed by atoms with Crippen molar-refractivity contribution in [2.45, 2.75) is 47.5 Å². The number of fused-ring (bicyclic) bond motifs is 1. The van der Waals surface area contributed by atoms with Crippen molar-refractivity contribution in [2.24, 2.45) is 0 Å². The molecule has 0 saturated carbocycles. The van der Waals surface area contributed by atoms with Gasteiger partial charge in [-0.05, 0) is 55.9 Å². The molecule has 0 spiro atoms. The van der Waals surface area contributed by atoms with Crippen LogP contribution < -0.4 is 0 Å². The topological polar surface area (TPSA) is 39.2 Å². The zero-order valence-electron chi connectivity index (χ0n) is 14.0. The lowest BCUT2D eigenvalue weighted by atomic mass is 9.87. The summed E-state index contributed by atoms with van der Waals surface area (Å²) in [5.74, 6) is -0.0158. The van der Waals surface area contributed by atoms with Gasteiger partial charge in [0, 0.05) is 11.6 Å². The predicted molar refractivity (Wildman–Crippen MR) is 91.0 cm³/mol. The molecule has 0 radical (unpaired) electrons. The maximum Gasteiger partial charge on any atom is 0.341 e. The minimum absolute atomic E-state index is 0.316. The molecular formula is C18H22ClNO2. The zero-order valence-corrected chi connectivity index (χ0v) is 14.8. The van der Waals surface area contributed by atoms with Crippen molar-refractivity contribution in [2.75, 3.05) is 6.61 Å². The van der Waals surface area contributed by atoms with E-state index < -0.39 is 5.97 Å². The van der Waals surface area contributed by atoms with Crippen LogP contribution >= 0.6 is 11.6 Å². The van der Waals surface area contributed by atoms with E-state index in [-0.39, 0.29) is 0 Å². The van der Waals surface area contributed by atoms with Gasteiger partial charge in [0.15, 0.2) is 0 Å². The zero-order chi connectivity index (χ0) is 16.6. The minimum atomic E-state index is -0.426. The highest BCUT2D eigenvalue weighted by atomic mass is 35.5. The second kappa shape index (κ2) is 6.25. The summed E-state index contributed by atoms with van der Waals surface area (Å²) >= 11 is 6.51. The van der Waals surface area contributed by atoms with Gasteiger partial charge < -0.3 is 4.74 Å². The van der Waals surface area contributed by atoms with Gasteiger partial charge in [0.1, 0.15) is 0 Å². The molecule has 4 heteroatoms. The van der Waals surface area contributed by atoms with Gasteiger partial charge in [0.05, 0.1) is 22.7 Å². The third kappa shape index (κ3) is 2.58. The first-order valence-corrected chi connectivity index (χ1v) is 7.93. The van der Waals surface area contributed by atoms with Crippen LogP contribution in [0.25, 0.3) is 10.9 Å². The Balaban J connectivity index is 2.84. The molecule has 0 aliphatic heterocycles. The summed E-state index contributed by atoms with van der Waals surface area (Å²) in [5, 5.41) is 1.29. The fraction of sp³-hybridized carbons (Fsp3) is 0.444. The number of aryl methyl sites for hydroxylation is 2. The van der Waals surface area contributed by atoms with E-state index in [1.165, 1.54) is 17.3 Å². The normalized spacial score (nSPS) is 11.3. The van der Waals surface area contributed by atoms with E-state index in [9.17, 15) is 4.79 Å². The molecule has 2 rings (SSSR count). The number of carbonyl (C=O) groups excluding carboxylic acids is 1. The molecule has 1 aromatic carbocycles. The number of aromatic nitrogens is 1. The lowest BCUT2D eigenvalue weighted by Gasteiger charge is -2.20. The largest absolute Gasteiger partial charge is 0.462 e. The Labute approximate surface area is 136 Å². The molecule has 1 heterocycles. The van der Waals surface area contributed by atoms with Gasteiger partial charge in [-0.3, -0.25) is 4.98 Å². The predicted octanol–water partition coefficient (Wildman–Crippen LogP) is 5.11. The average Bonchev–Trinajstić information content (AvgIpc) is 2.44. The standard InChI is InChI=1S/C18H22ClNO2/c1-7-22-18(21)13-8-20-17-12(6)14(9(2)3)10(4)11(5)15(17)16(13)19/h8-9H,7H2,1-6H3. The Morgan fingerprint density at radius 2 is 1.86 bits per heavy atom. The maximum absolute atomic E-state index is 12.0. The van der Waals surface area contributed by atoms with Crippen LogP contribution in [-0.4, -0.2) is 17.6 Å². The van der Waals surface area contributed by atoms with Crippen LogP contribution in [0, 0.1) is 20.8 Å². The van der Waals surface area contributed by atoms with Gasteiger partial charge in [-0.1, -0.05) is 25.4 Å². The van der Waals surface area contributed by atoms with Crippen molar-refractivity contribution < 1.29 is 9.53 Å². The average molecular weight is 320 g/mol. The molecule has 0 atom stereocenters. The summed E-state index contributed by atoms with van der Waals surface area (Å²) in [7, 11) is 0. The number of rotatable bonds is 3. The van der Waals surface area contributed by atoms with Gasteiger partial charge in [0.25, 0.3) is 0 Å². The number of esters is 1. The van der Waals surface area contributed by atoms with Gasteiger partial charge in [-0.25, -0.2) is 4.79 Å². The van der Waals surface area contributed by atoms with Crippen LogP contribution in [-0.2, 0) is 4.74 Å². The quantitative estimate of drug-likeness (QED) is 0.738. The Morgan fingerprint density at radius 1 is 1.23 bits per heavy atom. The van der Waals surface area contributed by atoms with Gasteiger partial charge >= 0.3 is 5.97 Å². The smallest absolute Gasteiger partial charge is 0.341 e. The summed E-state index contributed by atoms with van der Waals surface area (Å²) in [4.78, 5) is 16.5. The number of benzene rings is 1. The number of carbonyl (C=O) groups is 1. The van der Waals surface area contributed by atoms with Gasteiger partial charge in [-0.2, -0.15) is 0 Å². The van der Waals surface area contributed by atoms with E-state index in [0.29, 0.717) is 23.1 Å². The second-order valence-electron chi connectivity index (χ2n) is 5.87.